The fourth-order valence-electron chi connectivity index (χ4n) is 3.30. The van der Waals surface area contributed by atoms with E-state index in [1.807, 2.05) is 4.68 Å². The van der Waals surface area contributed by atoms with Gasteiger partial charge in [0.1, 0.15) is 0 Å². The van der Waals surface area contributed by atoms with Gasteiger partial charge in [-0.1, -0.05) is 13.8 Å². The quantitative estimate of drug-likeness (QED) is 0.237. The van der Waals surface area contributed by atoms with Gasteiger partial charge >= 0.3 is 0 Å². The zero-order valence-electron chi connectivity index (χ0n) is 19.5. The van der Waals surface area contributed by atoms with Gasteiger partial charge in [-0.05, 0) is 60.2 Å². The molecule has 0 bridgehead atoms. The van der Waals surface area contributed by atoms with Gasteiger partial charge in [0.25, 0.3) is 0 Å². The minimum Gasteiger partial charge on any atom is -0.383 e. The summed E-state index contributed by atoms with van der Waals surface area (Å²) in [5, 5.41) is 11.5. The Morgan fingerprint density at radius 1 is 1.24 bits per heavy atom. The molecule has 1 aromatic heterocycles. The predicted molar refractivity (Wildman–Crippen MR) is 133 cm³/mol. The molecule has 1 atom stereocenters. The second-order valence-electron chi connectivity index (χ2n) is 7.27. The molecule has 29 heavy (non-hydrogen) atoms. The summed E-state index contributed by atoms with van der Waals surface area (Å²) in [6.07, 6.45) is 2.33. The maximum atomic E-state index is 5.17. The van der Waals surface area contributed by atoms with Gasteiger partial charge in [0, 0.05) is 31.0 Å². The Balaban J connectivity index is 0.00000784. The number of hydrogen-bond acceptors (Lipinski definition) is 4. The Morgan fingerprint density at radius 3 is 2.52 bits per heavy atom. The highest BCUT2D eigenvalue weighted by atomic mass is 127. The number of nitrogens with one attached hydrogen (secondary N) is 2. The first-order chi connectivity index (χ1) is 13.5. The first-order valence-electron chi connectivity index (χ1n) is 10.8. The molecule has 0 amide bonds. The molecule has 0 saturated carbocycles. The van der Waals surface area contributed by atoms with Gasteiger partial charge in [0.2, 0.25) is 0 Å². The van der Waals surface area contributed by atoms with Crippen LogP contribution in [0.1, 0.15) is 57.5 Å². The molecular weight excluding hydrogens is 479 g/mol. The highest BCUT2D eigenvalue weighted by Gasteiger charge is 2.12. The van der Waals surface area contributed by atoms with Gasteiger partial charge in [-0.2, -0.15) is 5.10 Å². The molecule has 0 radical (unpaired) electrons. The number of nitrogens with zero attached hydrogens (tertiary/aromatic N) is 4. The zero-order valence-corrected chi connectivity index (χ0v) is 21.9. The standard InChI is InChI=1S/C21H42N6O.HI/c1-8-22-21(24-17(4)12-11-13-26(9-2)10-3)23-16-20-18(5)25-27(19(20)6)14-15-28-7;/h17H,8-16H2,1-7H3,(H2,22,23,24);1H. The molecule has 1 unspecified atom stereocenters. The summed E-state index contributed by atoms with van der Waals surface area (Å²) in [5.74, 6) is 0.876. The third-order valence-electron chi connectivity index (χ3n) is 5.17. The summed E-state index contributed by atoms with van der Waals surface area (Å²) in [6.45, 7) is 19.3. The lowest BCUT2D eigenvalue weighted by molar-refractivity contribution is 0.182. The molecule has 0 fully saturated rings. The predicted octanol–water partition coefficient (Wildman–Crippen LogP) is 3.33. The second kappa shape index (κ2) is 15.9. The molecule has 170 valence electrons. The summed E-state index contributed by atoms with van der Waals surface area (Å²) < 4.78 is 7.19. The van der Waals surface area contributed by atoms with E-state index in [1.165, 1.54) is 17.7 Å². The van der Waals surface area contributed by atoms with Crippen molar-refractivity contribution in [2.24, 2.45) is 4.99 Å². The van der Waals surface area contributed by atoms with E-state index in [0.29, 0.717) is 19.2 Å². The first-order valence-corrected chi connectivity index (χ1v) is 10.8. The van der Waals surface area contributed by atoms with Crippen molar-refractivity contribution in [3.05, 3.63) is 17.0 Å². The van der Waals surface area contributed by atoms with Crippen LogP contribution < -0.4 is 10.6 Å². The van der Waals surface area contributed by atoms with Crippen LogP contribution in [0.25, 0.3) is 0 Å². The number of guanidine groups is 1. The first kappa shape index (κ1) is 28.1. The summed E-state index contributed by atoms with van der Waals surface area (Å²) in [7, 11) is 1.72. The van der Waals surface area contributed by atoms with Crippen molar-refractivity contribution < 1.29 is 4.74 Å². The minimum absolute atomic E-state index is 0. The van der Waals surface area contributed by atoms with Gasteiger partial charge in [-0.25, -0.2) is 4.99 Å². The largest absolute Gasteiger partial charge is 0.383 e. The molecular formula is C21H43IN6O. The van der Waals surface area contributed by atoms with E-state index in [2.05, 4.69) is 62.2 Å². The third kappa shape index (κ3) is 10.1. The number of halogens is 1. The monoisotopic (exact) mass is 522 g/mol. The van der Waals surface area contributed by atoms with Crippen LogP contribution in [0.2, 0.25) is 0 Å². The van der Waals surface area contributed by atoms with Crippen LogP contribution >= 0.6 is 24.0 Å². The molecule has 1 aromatic rings. The smallest absolute Gasteiger partial charge is 0.191 e. The lowest BCUT2D eigenvalue weighted by atomic mass is 10.2. The van der Waals surface area contributed by atoms with Crippen molar-refractivity contribution in [3.63, 3.8) is 0 Å². The maximum Gasteiger partial charge on any atom is 0.191 e. The van der Waals surface area contributed by atoms with Crippen LogP contribution in [-0.2, 0) is 17.8 Å². The van der Waals surface area contributed by atoms with Gasteiger partial charge < -0.3 is 20.3 Å². The van der Waals surface area contributed by atoms with Crippen LogP contribution in [0.3, 0.4) is 0 Å². The molecule has 2 N–H and O–H groups in total. The number of aliphatic imine (C=N–C) groups is 1. The van der Waals surface area contributed by atoms with Crippen LogP contribution in [0.4, 0.5) is 0 Å². The summed E-state index contributed by atoms with van der Waals surface area (Å²) >= 11 is 0. The van der Waals surface area contributed by atoms with Crippen LogP contribution in [0.5, 0.6) is 0 Å². The lowest BCUT2D eigenvalue weighted by Gasteiger charge is -2.21. The molecule has 0 aliphatic heterocycles. The molecule has 0 aromatic carbocycles. The molecule has 0 saturated heterocycles. The summed E-state index contributed by atoms with van der Waals surface area (Å²) in [4.78, 5) is 7.28. The topological polar surface area (TPSA) is 66.7 Å². The average Bonchev–Trinajstić information content (AvgIpc) is 2.94. The van der Waals surface area contributed by atoms with Crippen LogP contribution in [0, 0.1) is 13.8 Å². The normalized spacial score (nSPS) is 12.8. The van der Waals surface area contributed by atoms with E-state index in [4.69, 9.17) is 9.73 Å². The van der Waals surface area contributed by atoms with Crippen molar-refractivity contribution in [1.29, 1.82) is 0 Å². The number of aryl methyl sites for hydroxylation is 1. The Labute approximate surface area is 195 Å². The van der Waals surface area contributed by atoms with Gasteiger partial charge in [0.05, 0.1) is 25.4 Å². The van der Waals surface area contributed by atoms with Gasteiger partial charge in [-0.3, -0.25) is 4.68 Å². The van der Waals surface area contributed by atoms with Crippen LogP contribution in [-0.4, -0.2) is 66.6 Å². The highest BCUT2D eigenvalue weighted by molar-refractivity contribution is 14.0. The maximum absolute atomic E-state index is 5.17. The van der Waals surface area contributed by atoms with E-state index in [0.717, 1.165) is 50.8 Å². The Morgan fingerprint density at radius 2 is 1.93 bits per heavy atom. The van der Waals surface area contributed by atoms with Crippen molar-refractivity contribution in [2.75, 3.05) is 39.9 Å². The zero-order chi connectivity index (χ0) is 20.9. The number of aromatic nitrogens is 2. The van der Waals surface area contributed by atoms with Crippen molar-refractivity contribution in [3.8, 4) is 0 Å². The SMILES string of the molecule is CCNC(=NCc1c(C)nn(CCOC)c1C)NC(C)CCCN(CC)CC.I. The lowest BCUT2D eigenvalue weighted by Crippen LogP contribution is -2.42. The van der Waals surface area contributed by atoms with E-state index < -0.39 is 0 Å². The number of methoxy groups -OCH3 is 1. The average molecular weight is 523 g/mol. The van der Waals surface area contributed by atoms with Crippen molar-refractivity contribution in [1.82, 2.24) is 25.3 Å². The van der Waals surface area contributed by atoms with Crippen molar-refractivity contribution >= 4 is 29.9 Å². The van der Waals surface area contributed by atoms with Gasteiger partial charge in [0.15, 0.2) is 5.96 Å². The van der Waals surface area contributed by atoms with Crippen molar-refractivity contribution in [2.45, 2.75) is 73.5 Å². The molecule has 0 aliphatic rings. The van der Waals surface area contributed by atoms with Gasteiger partial charge in [-0.15, -0.1) is 24.0 Å². The highest BCUT2D eigenvalue weighted by Crippen LogP contribution is 2.14. The molecule has 1 heterocycles. The number of hydrogen-bond donors (Lipinski definition) is 2. The molecule has 0 aliphatic carbocycles. The van der Waals surface area contributed by atoms with Crippen LogP contribution in [0.15, 0.2) is 4.99 Å². The Hall–Kier alpha value is -0.870. The summed E-state index contributed by atoms with van der Waals surface area (Å²) in [6, 6.07) is 0.389. The molecule has 1 rings (SSSR count). The second-order valence-corrected chi connectivity index (χ2v) is 7.27. The van der Waals surface area contributed by atoms with E-state index in [9.17, 15) is 0 Å². The van der Waals surface area contributed by atoms with E-state index >= 15 is 0 Å². The fraction of sp³-hybridized carbons (Fsp3) is 0.810. The molecule has 8 heteroatoms. The number of rotatable bonds is 13. The fourth-order valence-corrected chi connectivity index (χ4v) is 3.30. The molecule has 7 nitrogen and oxygen atoms in total. The molecule has 0 spiro atoms. The Kier molecular flexibility index (Phi) is 15.4. The van der Waals surface area contributed by atoms with E-state index in [-0.39, 0.29) is 24.0 Å². The number of ether oxygens (including phenoxy) is 1. The Bertz CT molecular complexity index is 586. The van der Waals surface area contributed by atoms with E-state index in [1.54, 1.807) is 7.11 Å². The third-order valence-corrected chi connectivity index (χ3v) is 5.17. The summed E-state index contributed by atoms with van der Waals surface area (Å²) in [5.41, 5.74) is 3.41. The minimum atomic E-state index is 0.